The molecule has 186 valence electrons. The SMILES string of the molecule is CCC1C(C(=O)O)CCN1C(=O)[C@@H](NC(=O)OCC1c2ccccc2-c2ccccc21)[C@@H](C)OC. The Balaban J connectivity index is 1.46. The van der Waals surface area contributed by atoms with Crippen LogP contribution >= 0.6 is 0 Å². The predicted octanol–water partition coefficient (Wildman–Crippen LogP) is 3.64. The molecular formula is C27H32N2O6. The Hall–Kier alpha value is -3.39. The molecule has 0 bridgehead atoms. The summed E-state index contributed by atoms with van der Waals surface area (Å²) in [6, 6.07) is 14.7. The smallest absolute Gasteiger partial charge is 0.407 e. The quantitative estimate of drug-likeness (QED) is 0.598. The van der Waals surface area contributed by atoms with Gasteiger partial charge < -0.3 is 24.8 Å². The minimum Gasteiger partial charge on any atom is -0.481 e. The van der Waals surface area contributed by atoms with E-state index in [0.717, 1.165) is 22.3 Å². The molecule has 0 saturated carbocycles. The van der Waals surface area contributed by atoms with Gasteiger partial charge >= 0.3 is 12.1 Å². The first-order chi connectivity index (χ1) is 16.9. The topological polar surface area (TPSA) is 105 Å². The summed E-state index contributed by atoms with van der Waals surface area (Å²) in [6.07, 6.45) is -0.430. The molecule has 1 aliphatic carbocycles. The van der Waals surface area contributed by atoms with Gasteiger partial charge in [-0.1, -0.05) is 55.5 Å². The lowest BCUT2D eigenvalue weighted by atomic mass is 9.98. The Kier molecular flexibility index (Phi) is 7.40. The molecule has 2 N–H and O–H groups in total. The second kappa shape index (κ2) is 10.5. The van der Waals surface area contributed by atoms with Gasteiger partial charge in [0.05, 0.1) is 12.0 Å². The van der Waals surface area contributed by atoms with E-state index in [0.29, 0.717) is 19.4 Å². The van der Waals surface area contributed by atoms with Gasteiger partial charge in [-0.25, -0.2) is 4.79 Å². The van der Waals surface area contributed by atoms with Crippen molar-refractivity contribution in [2.75, 3.05) is 20.3 Å². The monoisotopic (exact) mass is 480 g/mol. The van der Waals surface area contributed by atoms with Crippen LogP contribution in [0.4, 0.5) is 4.79 Å². The van der Waals surface area contributed by atoms with Crippen LogP contribution in [0.3, 0.4) is 0 Å². The lowest BCUT2D eigenvalue weighted by Gasteiger charge is -2.32. The largest absolute Gasteiger partial charge is 0.481 e. The van der Waals surface area contributed by atoms with E-state index in [1.165, 1.54) is 7.11 Å². The first kappa shape index (κ1) is 24.7. The van der Waals surface area contributed by atoms with E-state index in [4.69, 9.17) is 9.47 Å². The van der Waals surface area contributed by atoms with E-state index >= 15 is 0 Å². The summed E-state index contributed by atoms with van der Waals surface area (Å²) in [4.78, 5) is 39.4. The van der Waals surface area contributed by atoms with Crippen LogP contribution in [-0.2, 0) is 19.1 Å². The molecule has 0 radical (unpaired) electrons. The second-order valence-electron chi connectivity index (χ2n) is 9.13. The number of amides is 2. The highest BCUT2D eigenvalue weighted by atomic mass is 16.5. The van der Waals surface area contributed by atoms with Crippen molar-refractivity contribution < 1.29 is 29.0 Å². The number of fused-ring (bicyclic) bond motifs is 3. The third-order valence-corrected chi connectivity index (χ3v) is 7.29. The number of alkyl carbamates (subject to hydrolysis) is 1. The fourth-order valence-electron chi connectivity index (χ4n) is 5.38. The summed E-state index contributed by atoms with van der Waals surface area (Å²) >= 11 is 0. The maximum absolute atomic E-state index is 13.4. The molecular weight excluding hydrogens is 448 g/mol. The Morgan fingerprint density at radius 2 is 1.69 bits per heavy atom. The Morgan fingerprint density at radius 3 is 2.23 bits per heavy atom. The number of carbonyl (C=O) groups is 3. The number of methoxy groups -OCH3 is 1. The standard InChI is InChI=1S/C27H32N2O6/c1-4-23-21(26(31)32)13-14-29(23)25(30)24(16(2)34-3)28-27(33)35-15-22-19-11-7-5-9-17(19)18-10-6-8-12-20(18)22/h5-12,16,21-24H,4,13-15H2,1-3H3,(H,28,33)(H,31,32)/t16-,21?,23?,24+/m1/s1. The molecule has 1 heterocycles. The van der Waals surface area contributed by atoms with Crippen molar-refractivity contribution >= 4 is 18.0 Å². The van der Waals surface area contributed by atoms with Gasteiger partial charge in [0.15, 0.2) is 0 Å². The van der Waals surface area contributed by atoms with E-state index in [2.05, 4.69) is 17.4 Å². The van der Waals surface area contributed by atoms with Crippen LogP contribution in [0.5, 0.6) is 0 Å². The molecule has 1 fully saturated rings. The van der Waals surface area contributed by atoms with Crippen LogP contribution in [0.25, 0.3) is 11.1 Å². The van der Waals surface area contributed by atoms with Crippen molar-refractivity contribution in [2.24, 2.45) is 5.92 Å². The van der Waals surface area contributed by atoms with Crippen LogP contribution in [0.2, 0.25) is 0 Å². The summed E-state index contributed by atoms with van der Waals surface area (Å²) < 4.78 is 11.0. The molecule has 0 spiro atoms. The fourth-order valence-corrected chi connectivity index (χ4v) is 5.38. The van der Waals surface area contributed by atoms with E-state index in [9.17, 15) is 19.5 Å². The minimum absolute atomic E-state index is 0.0958. The number of rotatable bonds is 8. The number of benzene rings is 2. The highest BCUT2D eigenvalue weighted by molar-refractivity contribution is 5.88. The average Bonchev–Trinajstić information content (AvgIpc) is 3.45. The third-order valence-electron chi connectivity index (χ3n) is 7.29. The van der Waals surface area contributed by atoms with Gasteiger partial charge in [0, 0.05) is 25.6 Å². The number of carboxylic acids is 1. The predicted molar refractivity (Wildman–Crippen MR) is 130 cm³/mol. The van der Waals surface area contributed by atoms with Crippen LogP contribution in [0.1, 0.15) is 43.7 Å². The zero-order valence-corrected chi connectivity index (χ0v) is 20.3. The number of hydrogen-bond donors (Lipinski definition) is 2. The van der Waals surface area contributed by atoms with Crippen molar-refractivity contribution in [3.8, 4) is 11.1 Å². The molecule has 2 aromatic carbocycles. The number of hydrogen-bond acceptors (Lipinski definition) is 5. The van der Waals surface area contributed by atoms with E-state index in [1.54, 1.807) is 11.8 Å². The maximum Gasteiger partial charge on any atom is 0.407 e. The summed E-state index contributed by atoms with van der Waals surface area (Å²) in [6.45, 7) is 4.01. The number of nitrogens with one attached hydrogen (secondary N) is 1. The minimum atomic E-state index is -0.989. The normalized spacial score (nSPS) is 20.6. The molecule has 2 aliphatic rings. The fraction of sp³-hybridized carbons (Fsp3) is 0.444. The number of likely N-dealkylation sites (tertiary alicyclic amines) is 1. The van der Waals surface area contributed by atoms with Crippen LogP contribution in [0.15, 0.2) is 48.5 Å². The average molecular weight is 481 g/mol. The molecule has 4 rings (SSSR count). The van der Waals surface area contributed by atoms with Gasteiger partial charge in [-0.05, 0) is 42.0 Å². The summed E-state index contributed by atoms with van der Waals surface area (Å²) in [5, 5.41) is 12.2. The molecule has 2 amide bonds. The zero-order chi connectivity index (χ0) is 25.1. The van der Waals surface area contributed by atoms with Gasteiger partial charge in [-0.2, -0.15) is 0 Å². The number of carboxylic acid groups (broad SMARTS) is 1. The van der Waals surface area contributed by atoms with Gasteiger partial charge in [0.2, 0.25) is 5.91 Å². The second-order valence-corrected chi connectivity index (χ2v) is 9.13. The van der Waals surface area contributed by atoms with Crippen molar-refractivity contribution in [2.45, 2.75) is 50.8 Å². The molecule has 0 aromatic heterocycles. The van der Waals surface area contributed by atoms with Crippen molar-refractivity contribution in [1.82, 2.24) is 10.2 Å². The molecule has 35 heavy (non-hydrogen) atoms. The van der Waals surface area contributed by atoms with Gasteiger partial charge in [-0.3, -0.25) is 9.59 Å². The first-order valence-corrected chi connectivity index (χ1v) is 12.0. The molecule has 1 saturated heterocycles. The maximum atomic E-state index is 13.4. The Bertz CT molecular complexity index is 1060. The summed E-state index contributed by atoms with van der Waals surface area (Å²) in [5.41, 5.74) is 4.46. The Labute approximate surface area is 205 Å². The van der Waals surface area contributed by atoms with E-state index in [-0.39, 0.29) is 18.4 Å². The summed E-state index contributed by atoms with van der Waals surface area (Å²) in [5.74, 6) is -1.98. The third kappa shape index (κ3) is 4.75. The Morgan fingerprint density at radius 1 is 1.09 bits per heavy atom. The van der Waals surface area contributed by atoms with Gasteiger partial charge in [0.25, 0.3) is 0 Å². The van der Waals surface area contributed by atoms with Crippen LogP contribution < -0.4 is 5.32 Å². The number of aliphatic carboxylic acids is 1. The number of carbonyl (C=O) groups excluding carboxylic acids is 2. The molecule has 4 atom stereocenters. The van der Waals surface area contributed by atoms with Crippen molar-refractivity contribution in [1.29, 1.82) is 0 Å². The first-order valence-electron chi connectivity index (χ1n) is 12.0. The van der Waals surface area contributed by atoms with E-state index in [1.807, 2.05) is 43.3 Å². The molecule has 8 heteroatoms. The lowest BCUT2D eigenvalue weighted by Crippen LogP contribution is -2.55. The van der Waals surface area contributed by atoms with Gasteiger partial charge in [0.1, 0.15) is 12.6 Å². The van der Waals surface area contributed by atoms with Gasteiger partial charge in [-0.15, -0.1) is 0 Å². The molecule has 2 aromatic rings. The highest BCUT2D eigenvalue weighted by Crippen LogP contribution is 2.44. The van der Waals surface area contributed by atoms with E-state index < -0.39 is 36.2 Å². The molecule has 1 aliphatic heterocycles. The lowest BCUT2D eigenvalue weighted by molar-refractivity contribution is -0.144. The van der Waals surface area contributed by atoms with Crippen molar-refractivity contribution in [3.63, 3.8) is 0 Å². The summed E-state index contributed by atoms with van der Waals surface area (Å²) in [7, 11) is 1.46. The zero-order valence-electron chi connectivity index (χ0n) is 20.3. The van der Waals surface area contributed by atoms with Crippen LogP contribution in [-0.4, -0.2) is 66.4 Å². The van der Waals surface area contributed by atoms with Crippen LogP contribution in [0, 0.1) is 5.92 Å². The number of ether oxygens (including phenoxy) is 2. The number of nitrogens with zero attached hydrogens (tertiary/aromatic N) is 1. The highest BCUT2D eigenvalue weighted by Gasteiger charge is 2.43. The molecule has 2 unspecified atom stereocenters. The van der Waals surface area contributed by atoms with Crippen molar-refractivity contribution in [3.05, 3.63) is 59.7 Å². The molecule has 8 nitrogen and oxygen atoms in total.